The number of benzene rings is 3. The smallest absolute Gasteiger partial charge is 0.240 e. The molecule has 5 rings (SSSR count). The number of hydrogen-bond acceptors (Lipinski definition) is 5. The number of hydrogen-bond donors (Lipinski definition) is 2. The fourth-order valence-corrected chi connectivity index (χ4v) is 4.46. The van der Waals surface area contributed by atoms with Crippen molar-refractivity contribution in [3.8, 4) is 0 Å². The van der Waals surface area contributed by atoms with Gasteiger partial charge in [0, 0.05) is 11.8 Å². The van der Waals surface area contributed by atoms with Gasteiger partial charge in [0.2, 0.25) is 18.2 Å². The molecule has 1 aromatic heterocycles. The zero-order valence-electron chi connectivity index (χ0n) is 19.1. The van der Waals surface area contributed by atoms with Crippen molar-refractivity contribution in [3.05, 3.63) is 113 Å². The van der Waals surface area contributed by atoms with Crippen LogP contribution in [0.3, 0.4) is 0 Å². The van der Waals surface area contributed by atoms with Gasteiger partial charge in [0.1, 0.15) is 0 Å². The van der Waals surface area contributed by atoms with Crippen molar-refractivity contribution >= 4 is 35.0 Å². The van der Waals surface area contributed by atoms with E-state index in [4.69, 9.17) is 15.6 Å². The highest BCUT2D eigenvalue weighted by Gasteiger charge is 2.27. The molecule has 0 atom stereocenters. The summed E-state index contributed by atoms with van der Waals surface area (Å²) in [6.45, 7) is 0. The summed E-state index contributed by atoms with van der Waals surface area (Å²) in [6, 6.07) is 23.9. The number of aromatic nitrogens is 2. The topological polar surface area (TPSA) is 88.8 Å². The van der Waals surface area contributed by atoms with E-state index in [1.54, 1.807) is 18.2 Å². The number of allylic oxidation sites excluding steroid dienone is 1. The first kappa shape index (κ1) is 22.5. The first-order valence-electron chi connectivity index (χ1n) is 11.6. The van der Waals surface area contributed by atoms with Crippen molar-refractivity contribution in [1.82, 2.24) is 10.2 Å². The maximum Gasteiger partial charge on any atom is 0.240 e. The number of halogens is 1. The normalized spacial score (nSPS) is 14.5. The van der Waals surface area contributed by atoms with Crippen molar-refractivity contribution in [2.24, 2.45) is 5.92 Å². The van der Waals surface area contributed by atoms with E-state index in [1.807, 2.05) is 42.5 Å². The van der Waals surface area contributed by atoms with Crippen LogP contribution in [0.4, 0.5) is 10.1 Å². The second kappa shape index (κ2) is 9.89. The van der Waals surface area contributed by atoms with Gasteiger partial charge >= 0.3 is 0 Å². The van der Waals surface area contributed by atoms with Gasteiger partial charge in [-0.15, -0.1) is 10.2 Å². The van der Waals surface area contributed by atoms with Crippen LogP contribution in [0.1, 0.15) is 53.0 Å². The minimum Gasteiger partial charge on any atom is -0.424 e. The Hall–Kier alpha value is -4.32. The number of anilines is 1. The number of nitrogens with one attached hydrogen (secondary N) is 1. The Kier molecular flexibility index (Phi) is 6.35. The van der Waals surface area contributed by atoms with Crippen LogP contribution >= 0.6 is 0 Å². The zero-order valence-corrected chi connectivity index (χ0v) is 19.1. The van der Waals surface area contributed by atoms with E-state index in [1.165, 1.54) is 18.4 Å². The van der Waals surface area contributed by atoms with Crippen molar-refractivity contribution in [2.45, 2.75) is 19.3 Å². The van der Waals surface area contributed by atoms with Gasteiger partial charge < -0.3 is 10.2 Å². The number of rotatable bonds is 7. The fraction of sp³-hybridized carbons (Fsp3) is 0.138. The largest absolute Gasteiger partial charge is 0.424 e. The van der Waals surface area contributed by atoms with E-state index in [0.29, 0.717) is 11.8 Å². The second-order valence-corrected chi connectivity index (χ2v) is 8.63. The molecule has 0 aliphatic heterocycles. The number of nitrogen functional groups attached to an aromatic ring is 1. The molecule has 4 aromatic rings. The van der Waals surface area contributed by atoms with E-state index in [9.17, 15) is 4.39 Å². The Bertz CT molecular complexity index is 1390. The van der Waals surface area contributed by atoms with Gasteiger partial charge in [-0.3, -0.25) is 5.41 Å². The molecule has 0 unspecified atom stereocenters. The molecule has 35 heavy (non-hydrogen) atoms. The van der Waals surface area contributed by atoms with E-state index in [-0.39, 0.29) is 11.3 Å². The monoisotopic (exact) mass is 464 g/mol. The Morgan fingerprint density at radius 3 is 2.31 bits per heavy atom. The average molecular weight is 465 g/mol. The molecular weight excluding hydrogens is 439 g/mol. The number of nitrogens with two attached hydrogens (primary N) is 1. The molecule has 1 aliphatic rings. The van der Waals surface area contributed by atoms with Crippen LogP contribution in [0.2, 0.25) is 0 Å². The third-order valence-electron chi connectivity index (χ3n) is 6.44. The molecular formula is C29H25FN4O. The van der Waals surface area contributed by atoms with Crippen molar-refractivity contribution in [3.63, 3.8) is 0 Å². The lowest BCUT2D eigenvalue weighted by atomic mass is 9.73. The van der Waals surface area contributed by atoms with Crippen LogP contribution in [0, 0.1) is 11.3 Å². The molecule has 6 heteroatoms. The lowest BCUT2D eigenvalue weighted by molar-refractivity contribution is 0.401. The third kappa shape index (κ3) is 4.82. The predicted molar refractivity (Wildman–Crippen MR) is 138 cm³/mol. The van der Waals surface area contributed by atoms with Crippen molar-refractivity contribution < 1.29 is 8.81 Å². The molecule has 1 saturated carbocycles. The van der Waals surface area contributed by atoms with Gasteiger partial charge in [0.25, 0.3) is 0 Å². The molecule has 1 heterocycles. The second-order valence-electron chi connectivity index (χ2n) is 8.63. The van der Waals surface area contributed by atoms with E-state index in [2.05, 4.69) is 34.5 Å². The Labute approximate surface area is 203 Å². The third-order valence-corrected chi connectivity index (χ3v) is 6.44. The Morgan fingerprint density at radius 2 is 1.69 bits per heavy atom. The summed E-state index contributed by atoms with van der Waals surface area (Å²) < 4.78 is 19.2. The first-order chi connectivity index (χ1) is 17.1. The van der Waals surface area contributed by atoms with Gasteiger partial charge in [-0.25, -0.2) is 0 Å². The summed E-state index contributed by atoms with van der Waals surface area (Å²) in [6.07, 6.45) is 8.39. The molecule has 5 nitrogen and oxygen atoms in total. The van der Waals surface area contributed by atoms with E-state index < -0.39 is 5.97 Å². The standard InChI is InChI=1S/C29H25FN4O/c30-29(32)24-17-23(14-15-25(24)31)28(27(21-7-4-8-21)20-5-2-1-3-6-20)22-12-9-19(10-13-22)11-16-26-34-33-18-35-26/h1-3,5-6,9-18,21,32H,4,7-8,31H2/b16-11+,28-27-,32-29?. The quantitative estimate of drug-likeness (QED) is 0.177. The molecule has 3 N–H and O–H groups in total. The molecule has 0 bridgehead atoms. The van der Waals surface area contributed by atoms with Crippen LogP contribution in [-0.2, 0) is 0 Å². The van der Waals surface area contributed by atoms with Crippen molar-refractivity contribution in [1.29, 1.82) is 5.41 Å². The SMILES string of the molecule is N=C(F)c1cc(/C(=C(/c2ccccc2)C2CCC2)c2ccc(/C=C/c3nnco3)cc2)ccc1N. The molecule has 0 spiro atoms. The average Bonchev–Trinajstić information content (AvgIpc) is 3.37. The maximum absolute atomic E-state index is 14.0. The number of nitrogens with zero attached hydrogens (tertiary/aromatic N) is 2. The minimum atomic E-state index is -1.03. The van der Waals surface area contributed by atoms with Gasteiger partial charge in [0.15, 0.2) is 0 Å². The molecule has 0 saturated heterocycles. The van der Waals surface area contributed by atoms with Crippen LogP contribution in [0.15, 0.2) is 83.6 Å². The highest BCUT2D eigenvalue weighted by atomic mass is 19.1. The van der Waals surface area contributed by atoms with E-state index in [0.717, 1.165) is 40.7 Å². The summed E-state index contributed by atoms with van der Waals surface area (Å²) >= 11 is 0. The minimum absolute atomic E-state index is 0.111. The predicted octanol–water partition coefficient (Wildman–Crippen LogP) is 6.88. The van der Waals surface area contributed by atoms with Crippen molar-refractivity contribution in [2.75, 3.05) is 5.73 Å². The van der Waals surface area contributed by atoms with Crippen LogP contribution in [-0.4, -0.2) is 16.2 Å². The lowest BCUT2D eigenvalue weighted by Gasteiger charge is -2.31. The molecule has 174 valence electrons. The van der Waals surface area contributed by atoms with Gasteiger partial charge in [0.05, 0.1) is 5.56 Å². The summed E-state index contributed by atoms with van der Waals surface area (Å²) in [5.41, 5.74) is 12.6. The molecule has 3 aromatic carbocycles. The summed E-state index contributed by atoms with van der Waals surface area (Å²) in [5.74, 6) is -0.181. The zero-order chi connectivity index (χ0) is 24.2. The highest BCUT2D eigenvalue weighted by molar-refractivity contribution is 6.03. The first-order valence-corrected chi connectivity index (χ1v) is 11.6. The molecule has 0 radical (unpaired) electrons. The fourth-order valence-electron chi connectivity index (χ4n) is 4.46. The van der Waals surface area contributed by atoms with Crippen LogP contribution < -0.4 is 5.73 Å². The maximum atomic E-state index is 14.0. The summed E-state index contributed by atoms with van der Waals surface area (Å²) in [7, 11) is 0. The molecule has 1 aliphatic carbocycles. The lowest BCUT2D eigenvalue weighted by Crippen LogP contribution is -2.15. The summed E-state index contributed by atoms with van der Waals surface area (Å²) in [4.78, 5) is 0. The summed E-state index contributed by atoms with van der Waals surface area (Å²) in [5, 5.41) is 15.1. The van der Waals surface area contributed by atoms with Crippen LogP contribution in [0.5, 0.6) is 0 Å². The Balaban J connectivity index is 1.66. The van der Waals surface area contributed by atoms with Gasteiger partial charge in [-0.2, -0.15) is 4.39 Å². The Morgan fingerprint density at radius 1 is 0.943 bits per heavy atom. The molecule has 1 fully saturated rings. The van der Waals surface area contributed by atoms with E-state index >= 15 is 0 Å². The highest BCUT2D eigenvalue weighted by Crippen LogP contribution is 2.45. The van der Waals surface area contributed by atoms with Gasteiger partial charge in [-0.05, 0) is 70.4 Å². The van der Waals surface area contributed by atoms with Gasteiger partial charge in [-0.1, -0.05) is 67.1 Å². The van der Waals surface area contributed by atoms with Crippen LogP contribution in [0.25, 0.3) is 23.3 Å². The molecule has 0 amide bonds.